The minimum atomic E-state index is -1.31. The third-order valence-corrected chi connectivity index (χ3v) is 3.29. The van der Waals surface area contributed by atoms with E-state index in [0.29, 0.717) is 16.8 Å². The molecule has 2 rings (SSSR count). The maximum atomic E-state index is 11.1. The van der Waals surface area contributed by atoms with E-state index in [1.807, 2.05) is 0 Å². The molecule has 3 N–H and O–H groups in total. The van der Waals surface area contributed by atoms with E-state index in [4.69, 9.17) is 15.1 Å². The van der Waals surface area contributed by atoms with Crippen molar-refractivity contribution in [1.82, 2.24) is 0 Å². The Labute approximate surface area is 127 Å². The summed E-state index contributed by atoms with van der Waals surface area (Å²) in [6, 6.07) is 4.92. The fourth-order valence-corrected chi connectivity index (χ4v) is 2.52. The first kappa shape index (κ1) is 16.2. The van der Waals surface area contributed by atoms with Gasteiger partial charge in [-0.15, -0.1) is 0 Å². The molecule has 9 heteroatoms. The molecule has 118 valence electrons. The molecule has 1 unspecified atom stereocenters. The molecule has 8 nitrogen and oxygen atoms in total. The fraction of sp³-hybridized carbons (Fsp3) is 0.462. The number of carbonyl (C=O) groups excluding carboxylic acids is 1. The van der Waals surface area contributed by atoms with Gasteiger partial charge < -0.3 is 20.1 Å². The topological polar surface area (TPSA) is 125 Å². The van der Waals surface area contributed by atoms with Gasteiger partial charge in [-0.2, -0.15) is 0 Å². The van der Waals surface area contributed by atoms with Crippen LogP contribution >= 0.6 is 0 Å². The standard InChI is InChI=1S/C13H17BN2O6/c1-13(2,6-11(15)17)21-9-5-3-4-8-10(7-16(19)20)22-14(18)12(8)9/h3-5,10,18H,6-7H2,1-2H3,(H2,15,17). The van der Waals surface area contributed by atoms with E-state index in [-0.39, 0.29) is 6.42 Å². The first-order valence-corrected chi connectivity index (χ1v) is 6.75. The van der Waals surface area contributed by atoms with Gasteiger partial charge in [0.1, 0.15) is 17.5 Å². The van der Waals surface area contributed by atoms with Gasteiger partial charge in [0.2, 0.25) is 12.5 Å². The van der Waals surface area contributed by atoms with Crippen molar-refractivity contribution in [2.24, 2.45) is 5.73 Å². The van der Waals surface area contributed by atoms with Crippen molar-refractivity contribution in [1.29, 1.82) is 0 Å². The summed E-state index contributed by atoms with van der Waals surface area (Å²) in [7, 11) is -1.31. The number of rotatable bonds is 6. The highest BCUT2D eigenvalue weighted by Crippen LogP contribution is 2.30. The highest BCUT2D eigenvalue weighted by Gasteiger charge is 2.41. The molecule has 0 saturated carbocycles. The number of hydrogen-bond acceptors (Lipinski definition) is 6. The number of hydrogen-bond donors (Lipinski definition) is 2. The molecule has 1 aromatic carbocycles. The average Bonchev–Trinajstić information content (AvgIpc) is 2.64. The van der Waals surface area contributed by atoms with Crippen LogP contribution in [0.4, 0.5) is 0 Å². The smallest absolute Gasteiger partial charge is 0.488 e. The summed E-state index contributed by atoms with van der Waals surface area (Å²) in [5.74, 6) is -0.192. The predicted molar refractivity (Wildman–Crippen MR) is 78.3 cm³/mol. The maximum Gasteiger partial charge on any atom is 0.496 e. The minimum Gasteiger partial charge on any atom is -0.488 e. The molecule has 1 atom stereocenters. The van der Waals surface area contributed by atoms with E-state index in [0.717, 1.165) is 0 Å². The van der Waals surface area contributed by atoms with E-state index in [1.165, 1.54) is 0 Å². The Hall–Kier alpha value is -2.13. The van der Waals surface area contributed by atoms with E-state index >= 15 is 0 Å². The van der Waals surface area contributed by atoms with Crippen molar-refractivity contribution in [3.63, 3.8) is 0 Å². The van der Waals surface area contributed by atoms with Crippen LogP contribution in [0.1, 0.15) is 31.9 Å². The molecule has 0 bridgehead atoms. The highest BCUT2D eigenvalue weighted by atomic mass is 16.6. The van der Waals surface area contributed by atoms with Gasteiger partial charge in [-0.05, 0) is 25.5 Å². The molecular formula is C13H17BN2O6. The number of nitro groups is 1. The Morgan fingerprint density at radius 2 is 2.27 bits per heavy atom. The zero-order valence-electron chi connectivity index (χ0n) is 12.3. The van der Waals surface area contributed by atoms with Crippen molar-refractivity contribution >= 4 is 18.5 Å². The summed E-state index contributed by atoms with van der Waals surface area (Å²) in [4.78, 5) is 21.2. The molecule has 0 saturated heterocycles. The number of ether oxygens (including phenoxy) is 1. The van der Waals surface area contributed by atoms with E-state index < -0.39 is 36.2 Å². The van der Waals surface area contributed by atoms with Crippen LogP contribution in [0.5, 0.6) is 5.75 Å². The number of amides is 1. The third kappa shape index (κ3) is 3.55. The molecular weight excluding hydrogens is 291 g/mol. The number of carbonyl (C=O) groups is 1. The van der Waals surface area contributed by atoms with Crippen LogP contribution in [-0.2, 0) is 9.45 Å². The van der Waals surface area contributed by atoms with Gasteiger partial charge in [-0.1, -0.05) is 12.1 Å². The quantitative estimate of drug-likeness (QED) is 0.424. The lowest BCUT2D eigenvalue weighted by atomic mass is 9.78. The summed E-state index contributed by atoms with van der Waals surface area (Å²) in [6.45, 7) is 2.93. The second-order valence-electron chi connectivity index (χ2n) is 5.76. The van der Waals surface area contributed by atoms with Crippen molar-refractivity contribution < 1.29 is 24.1 Å². The van der Waals surface area contributed by atoms with Gasteiger partial charge in [0, 0.05) is 10.4 Å². The number of primary amides is 1. The monoisotopic (exact) mass is 308 g/mol. The SMILES string of the molecule is CC(C)(CC(N)=O)Oc1cccc2c1B(O)OC2C[N+](=O)[O-]. The van der Waals surface area contributed by atoms with Crippen molar-refractivity contribution in [3.8, 4) is 5.75 Å². The van der Waals surface area contributed by atoms with Gasteiger partial charge in [0.15, 0.2) is 0 Å². The van der Waals surface area contributed by atoms with Crippen LogP contribution in [0, 0.1) is 10.1 Å². The second-order valence-corrected chi connectivity index (χ2v) is 5.76. The molecule has 1 aliphatic rings. The Morgan fingerprint density at radius 1 is 1.59 bits per heavy atom. The number of benzene rings is 1. The van der Waals surface area contributed by atoms with Gasteiger partial charge >= 0.3 is 7.12 Å². The number of nitrogens with zero attached hydrogens (tertiary/aromatic N) is 1. The van der Waals surface area contributed by atoms with E-state index in [2.05, 4.69) is 0 Å². The summed E-state index contributed by atoms with van der Waals surface area (Å²) in [6.07, 6.45) is -0.839. The van der Waals surface area contributed by atoms with Crippen molar-refractivity contribution in [3.05, 3.63) is 33.9 Å². The summed E-state index contributed by atoms with van der Waals surface area (Å²) in [5, 5.41) is 20.7. The Balaban J connectivity index is 2.30. The van der Waals surface area contributed by atoms with Crippen LogP contribution in [0.3, 0.4) is 0 Å². The van der Waals surface area contributed by atoms with Gasteiger partial charge in [0.25, 0.3) is 0 Å². The second kappa shape index (κ2) is 5.94. The molecule has 1 amide bonds. The Kier molecular flexibility index (Phi) is 4.38. The lowest BCUT2D eigenvalue weighted by Gasteiger charge is -2.26. The van der Waals surface area contributed by atoms with Crippen LogP contribution in [-0.4, -0.2) is 35.1 Å². The van der Waals surface area contributed by atoms with Crippen LogP contribution in [0.25, 0.3) is 0 Å². The first-order valence-electron chi connectivity index (χ1n) is 6.75. The predicted octanol–water partition coefficient (Wildman–Crippen LogP) is -0.245. The van der Waals surface area contributed by atoms with Crippen LogP contribution < -0.4 is 15.9 Å². The maximum absolute atomic E-state index is 11.1. The zero-order valence-corrected chi connectivity index (χ0v) is 12.3. The fourth-order valence-electron chi connectivity index (χ4n) is 2.52. The normalized spacial score (nSPS) is 17.2. The molecule has 1 aliphatic heterocycles. The van der Waals surface area contributed by atoms with Crippen LogP contribution in [0.15, 0.2) is 18.2 Å². The van der Waals surface area contributed by atoms with Gasteiger partial charge in [0.05, 0.1) is 6.42 Å². The summed E-state index contributed by atoms with van der Waals surface area (Å²) < 4.78 is 11.0. The molecule has 22 heavy (non-hydrogen) atoms. The number of nitrogens with two attached hydrogens (primary N) is 1. The molecule has 0 aromatic heterocycles. The summed E-state index contributed by atoms with van der Waals surface area (Å²) >= 11 is 0. The van der Waals surface area contributed by atoms with E-state index in [1.54, 1.807) is 32.0 Å². The molecule has 0 radical (unpaired) electrons. The minimum absolute atomic E-state index is 0.00799. The first-order chi connectivity index (χ1) is 10.2. The van der Waals surface area contributed by atoms with E-state index in [9.17, 15) is 19.9 Å². The lowest BCUT2D eigenvalue weighted by molar-refractivity contribution is -0.490. The molecule has 1 heterocycles. The van der Waals surface area contributed by atoms with Crippen LogP contribution in [0.2, 0.25) is 0 Å². The zero-order chi connectivity index (χ0) is 16.5. The van der Waals surface area contributed by atoms with Gasteiger partial charge in [-0.3, -0.25) is 14.9 Å². The Morgan fingerprint density at radius 3 is 2.86 bits per heavy atom. The molecule has 0 fully saturated rings. The summed E-state index contributed by atoms with van der Waals surface area (Å²) in [5.41, 5.74) is 5.17. The molecule has 0 aliphatic carbocycles. The average molecular weight is 308 g/mol. The van der Waals surface area contributed by atoms with Crippen molar-refractivity contribution in [2.45, 2.75) is 32.0 Å². The lowest BCUT2D eigenvalue weighted by Crippen LogP contribution is -2.38. The highest BCUT2D eigenvalue weighted by molar-refractivity contribution is 6.62. The van der Waals surface area contributed by atoms with Crippen molar-refractivity contribution in [2.75, 3.05) is 6.54 Å². The number of fused-ring (bicyclic) bond motifs is 1. The third-order valence-electron chi connectivity index (χ3n) is 3.29. The molecule has 1 aromatic rings. The van der Waals surface area contributed by atoms with Gasteiger partial charge in [-0.25, -0.2) is 0 Å². The largest absolute Gasteiger partial charge is 0.496 e. The Bertz CT molecular complexity index is 606. The molecule has 0 spiro atoms.